The van der Waals surface area contributed by atoms with Gasteiger partial charge < -0.3 is 10.6 Å². The van der Waals surface area contributed by atoms with Crippen molar-refractivity contribution in [1.29, 1.82) is 0 Å². The van der Waals surface area contributed by atoms with E-state index in [9.17, 15) is 13.2 Å². The average Bonchev–Trinajstić information content (AvgIpc) is 1.99. The molecule has 0 spiro atoms. The molecule has 1 unspecified atom stereocenters. The minimum Gasteiger partial charge on any atom is -0.368 e. The molecule has 15 heavy (non-hydrogen) atoms. The summed E-state index contributed by atoms with van der Waals surface area (Å²) in [5, 5.41) is 0. The number of amidine groups is 1. The van der Waals surface area contributed by atoms with Gasteiger partial charge in [-0.05, 0) is 13.8 Å². The first-order valence-electron chi connectivity index (χ1n) is 4.26. The molecule has 8 heteroatoms. The predicted molar refractivity (Wildman–Crippen MR) is 50.1 cm³/mol. The van der Waals surface area contributed by atoms with E-state index in [1.165, 1.54) is 0 Å². The summed E-state index contributed by atoms with van der Waals surface area (Å²) < 4.78 is 37.7. The first-order chi connectivity index (χ1) is 6.73. The number of hydrogen-bond acceptors (Lipinski definition) is 5. The Bertz CT molecular complexity index is 306. The SMILES string of the molecule is CC(C)N1C(C(F)(F)F)=NC(N)=NC1N. The Morgan fingerprint density at radius 2 is 1.93 bits per heavy atom. The lowest BCUT2D eigenvalue weighted by Gasteiger charge is -2.35. The van der Waals surface area contributed by atoms with Gasteiger partial charge in [-0.2, -0.15) is 18.2 Å². The Labute approximate surface area is 84.6 Å². The van der Waals surface area contributed by atoms with Gasteiger partial charge in [-0.3, -0.25) is 5.73 Å². The van der Waals surface area contributed by atoms with Gasteiger partial charge in [0.05, 0.1) is 0 Å². The fourth-order valence-electron chi connectivity index (χ4n) is 1.28. The van der Waals surface area contributed by atoms with Crippen molar-refractivity contribution in [3.05, 3.63) is 0 Å². The van der Waals surface area contributed by atoms with E-state index in [1.807, 2.05) is 0 Å². The molecular weight excluding hydrogens is 211 g/mol. The molecule has 0 fully saturated rings. The van der Waals surface area contributed by atoms with E-state index >= 15 is 0 Å². The first kappa shape index (κ1) is 11.8. The largest absolute Gasteiger partial charge is 0.449 e. The summed E-state index contributed by atoms with van der Waals surface area (Å²) in [5.41, 5.74) is 10.6. The third-order valence-electron chi connectivity index (χ3n) is 1.82. The molecule has 0 bridgehead atoms. The van der Waals surface area contributed by atoms with Crippen molar-refractivity contribution in [1.82, 2.24) is 4.90 Å². The number of nitrogens with zero attached hydrogens (tertiary/aromatic N) is 3. The molecule has 0 radical (unpaired) electrons. The summed E-state index contributed by atoms with van der Waals surface area (Å²) in [6.45, 7) is 3.14. The number of halogens is 3. The second-order valence-electron chi connectivity index (χ2n) is 3.34. The summed E-state index contributed by atoms with van der Waals surface area (Å²) in [6, 6.07) is -0.461. The van der Waals surface area contributed by atoms with Crippen LogP contribution in [0.2, 0.25) is 0 Å². The highest BCUT2D eigenvalue weighted by atomic mass is 19.4. The molecule has 0 saturated heterocycles. The van der Waals surface area contributed by atoms with Crippen molar-refractivity contribution in [2.45, 2.75) is 32.4 Å². The fourth-order valence-corrected chi connectivity index (χ4v) is 1.28. The molecule has 1 atom stereocenters. The fraction of sp³-hybridized carbons (Fsp3) is 0.714. The van der Waals surface area contributed by atoms with Crippen LogP contribution in [0, 0.1) is 0 Å². The maximum atomic E-state index is 12.6. The van der Waals surface area contributed by atoms with Crippen LogP contribution < -0.4 is 11.5 Å². The molecule has 0 aromatic carbocycles. The zero-order valence-corrected chi connectivity index (χ0v) is 8.28. The topological polar surface area (TPSA) is 80.0 Å². The van der Waals surface area contributed by atoms with Gasteiger partial charge in [-0.15, -0.1) is 0 Å². The zero-order chi connectivity index (χ0) is 11.8. The normalized spacial score (nSPS) is 22.9. The van der Waals surface area contributed by atoms with Crippen LogP contribution in [-0.4, -0.2) is 35.2 Å². The highest BCUT2D eigenvalue weighted by Gasteiger charge is 2.44. The standard InChI is InChI=1S/C7H12F3N5/c1-3(2)15-4(7(8,9)10)13-5(11)14-6(15)12/h3,6H,12H2,1-2H3,(H2,11,14). The monoisotopic (exact) mass is 223 g/mol. The number of nitrogens with two attached hydrogens (primary N) is 2. The van der Waals surface area contributed by atoms with Crippen LogP contribution in [0.25, 0.3) is 0 Å². The Morgan fingerprint density at radius 3 is 2.33 bits per heavy atom. The summed E-state index contributed by atoms with van der Waals surface area (Å²) in [4.78, 5) is 7.60. The maximum absolute atomic E-state index is 12.6. The Hall–Kier alpha value is -1.31. The molecule has 4 N–H and O–H groups in total. The second kappa shape index (κ2) is 3.69. The van der Waals surface area contributed by atoms with Crippen LogP contribution >= 0.6 is 0 Å². The number of alkyl halides is 3. The van der Waals surface area contributed by atoms with E-state index in [2.05, 4.69) is 9.98 Å². The average molecular weight is 223 g/mol. The third kappa shape index (κ3) is 2.38. The van der Waals surface area contributed by atoms with Gasteiger partial charge in [0, 0.05) is 6.04 Å². The molecule has 1 aliphatic rings. The van der Waals surface area contributed by atoms with Crippen LogP contribution in [-0.2, 0) is 0 Å². The Balaban J connectivity index is 3.12. The van der Waals surface area contributed by atoms with Gasteiger partial charge in [0.2, 0.25) is 11.8 Å². The minimum atomic E-state index is -4.58. The predicted octanol–water partition coefficient (Wildman–Crippen LogP) is 0.228. The summed E-state index contributed by atoms with van der Waals surface area (Å²) >= 11 is 0. The van der Waals surface area contributed by atoms with E-state index in [0.717, 1.165) is 4.90 Å². The zero-order valence-electron chi connectivity index (χ0n) is 8.28. The number of aliphatic imine (C=N–C) groups is 2. The van der Waals surface area contributed by atoms with Gasteiger partial charge in [0.15, 0.2) is 6.29 Å². The van der Waals surface area contributed by atoms with E-state index in [1.54, 1.807) is 13.8 Å². The highest BCUT2D eigenvalue weighted by Crippen LogP contribution is 2.24. The molecule has 0 aliphatic carbocycles. The summed E-state index contributed by atoms with van der Waals surface area (Å²) in [6.07, 6.45) is -5.72. The molecule has 86 valence electrons. The number of guanidine groups is 1. The van der Waals surface area contributed by atoms with Gasteiger partial charge in [0.25, 0.3) is 0 Å². The molecule has 1 aliphatic heterocycles. The number of hydrogen-bond donors (Lipinski definition) is 2. The molecule has 0 saturated carbocycles. The molecule has 0 aromatic heterocycles. The van der Waals surface area contributed by atoms with Crippen LogP contribution in [0.15, 0.2) is 9.98 Å². The molecule has 0 aromatic rings. The lowest BCUT2D eigenvalue weighted by Crippen LogP contribution is -2.56. The van der Waals surface area contributed by atoms with Crippen LogP contribution in [0.1, 0.15) is 13.8 Å². The van der Waals surface area contributed by atoms with Gasteiger partial charge in [-0.25, -0.2) is 4.99 Å². The van der Waals surface area contributed by atoms with Crippen molar-refractivity contribution >= 4 is 11.8 Å². The summed E-state index contributed by atoms with van der Waals surface area (Å²) in [5.74, 6) is -1.55. The van der Waals surface area contributed by atoms with E-state index in [-0.39, 0.29) is 0 Å². The van der Waals surface area contributed by atoms with Crippen molar-refractivity contribution in [3.8, 4) is 0 Å². The quantitative estimate of drug-likeness (QED) is 0.667. The van der Waals surface area contributed by atoms with Crippen LogP contribution in [0.4, 0.5) is 13.2 Å². The van der Waals surface area contributed by atoms with E-state index in [0.29, 0.717) is 0 Å². The molecule has 0 amide bonds. The van der Waals surface area contributed by atoms with Gasteiger partial charge >= 0.3 is 6.18 Å². The third-order valence-corrected chi connectivity index (χ3v) is 1.82. The lowest BCUT2D eigenvalue weighted by atomic mass is 10.3. The summed E-state index contributed by atoms with van der Waals surface area (Å²) in [7, 11) is 0. The molecular formula is C7H12F3N5. The smallest absolute Gasteiger partial charge is 0.368 e. The first-order valence-corrected chi connectivity index (χ1v) is 4.26. The second-order valence-corrected chi connectivity index (χ2v) is 3.34. The van der Waals surface area contributed by atoms with Crippen molar-refractivity contribution in [3.63, 3.8) is 0 Å². The maximum Gasteiger partial charge on any atom is 0.449 e. The van der Waals surface area contributed by atoms with E-state index in [4.69, 9.17) is 11.5 Å². The van der Waals surface area contributed by atoms with Crippen molar-refractivity contribution in [2.75, 3.05) is 0 Å². The molecule has 1 rings (SSSR count). The lowest BCUT2D eigenvalue weighted by molar-refractivity contribution is -0.0727. The van der Waals surface area contributed by atoms with Crippen LogP contribution in [0.5, 0.6) is 0 Å². The Kier molecular flexibility index (Phi) is 2.89. The molecule has 5 nitrogen and oxygen atoms in total. The number of rotatable bonds is 1. The van der Waals surface area contributed by atoms with Gasteiger partial charge in [-0.1, -0.05) is 0 Å². The van der Waals surface area contributed by atoms with Crippen molar-refractivity contribution in [2.24, 2.45) is 21.5 Å². The van der Waals surface area contributed by atoms with Gasteiger partial charge in [0.1, 0.15) is 0 Å². The minimum absolute atomic E-state index is 0.452. The highest BCUT2D eigenvalue weighted by molar-refractivity contribution is 6.00. The van der Waals surface area contributed by atoms with Crippen molar-refractivity contribution < 1.29 is 13.2 Å². The Morgan fingerprint density at radius 1 is 1.40 bits per heavy atom. The van der Waals surface area contributed by atoms with Crippen LogP contribution in [0.3, 0.4) is 0 Å². The van der Waals surface area contributed by atoms with E-state index < -0.39 is 30.3 Å². The molecule has 1 heterocycles.